The van der Waals surface area contributed by atoms with Crippen LogP contribution in [0.1, 0.15) is 5.56 Å². The highest BCUT2D eigenvalue weighted by Crippen LogP contribution is 2.32. The monoisotopic (exact) mass is 173 g/mol. The van der Waals surface area contributed by atoms with E-state index in [0.29, 0.717) is 5.46 Å². The number of hydrogen-bond acceptors (Lipinski definition) is 1. The van der Waals surface area contributed by atoms with Crippen LogP contribution in [0.3, 0.4) is 0 Å². The minimum absolute atomic E-state index is 0.229. The Morgan fingerprint density at radius 2 is 1.83 bits per heavy atom. The van der Waals surface area contributed by atoms with Gasteiger partial charge < -0.3 is 5.73 Å². The van der Waals surface area contributed by atoms with Crippen LogP contribution in [0.2, 0.25) is 0 Å². The van der Waals surface area contributed by atoms with Crippen LogP contribution < -0.4 is 11.2 Å². The summed E-state index contributed by atoms with van der Waals surface area (Å²) >= 11 is 0. The van der Waals surface area contributed by atoms with Crippen LogP contribution in [0.5, 0.6) is 0 Å². The molecule has 0 heterocycles. The Kier molecular flexibility index (Phi) is 2.04. The molecule has 1 rings (SSSR count). The van der Waals surface area contributed by atoms with Gasteiger partial charge in [-0.15, -0.1) is 0 Å². The van der Waals surface area contributed by atoms with E-state index in [4.69, 9.17) is 5.73 Å². The van der Waals surface area contributed by atoms with E-state index >= 15 is 0 Å². The van der Waals surface area contributed by atoms with Crippen LogP contribution in [0.15, 0.2) is 18.2 Å². The lowest BCUT2D eigenvalue weighted by molar-refractivity contribution is -0.136. The molecule has 0 atom stereocenters. The number of alkyl halides is 3. The Bertz CT molecular complexity index is 295. The van der Waals surface area contributed by atoms with Crippen LogP contribution in [-0.2, 0) is 6.18 Å². The molecule has 0 unspecified atom stereocenters. The van der Waals surface area contributed by atoms with E-state index in [1.54, 1.807) is 13.9 Å². The zero-order valence-electron chi connectivity index (χ0n) is 6.44. The van der Waals surface area contributed by atoms with Gasteiger partial charge in [0.1, 0.15) is 7.85 Å². The fraction of sp³-hybridized carbons (Fsp3) is 0.143. The molecule has 0 amide bonds. The summed E-state index contributed by atoms with van der Waals surface area (Å²) in [6.45, 7) is 0. The van der Waals surface area contributed by atoms with E-state index in [0.717, 1.165) is 6.07 Å². The molecule has 1 aromatic rings. The lowest BCUT2D eigenvalue weighted by Crippen LogP contribution is -2.13. The summed E-state index contributed by atoms with van der Waals surface area (Å²) < 4.78 is 36.4. The summed E-state index contributed by atoms with van der Waals surface area (Å²) in [6.07, 6.45) is -4.35. The first-order valence-electron chi connectivity index (χ1n) is 3.34. The Morgan fingerprint density at radius 1 is 1.25 bits per heavy atom. The third kappa shape index (κ3) is 1.72. The highest BCUT2D eigenvalue weighted by Gasteiger charge is 2.32. The summed E-state index contributed by atoms with van der Waals surface area (Å²) in [5, 5.41) is 0. The number of rotatable bonds is 0. The summed E-state index contributed by atoms with van der Waals surface area (Å²) in [6, 6.07) is 3.85. The van der Waals surface area contributed by atoms with E-state index in [2.05, 4.69) is 0 Å². The van der Waals surface area contributed by atoms with Crippen molar-refractivity contribution in [1.29, 1.82) is 0 Å². The second-order valence-corrected chi connectivity index (χ2v) is 2.59. The standard InChI is InChI=1S/C7H7BF3N/c8-4-1-2-6(12)5(3-4)7(9,10)11/h1-3H,8,12H2. The lowest BCUT2D eigenvalue weighted by atomic mass is 9.93. The molecule has 0 radical (unpaired) electrons. The summed E-state index contributed by atoms with van der Waals surface area (Å²) in [5.41, 5.74) is 4.72. The molecule has 1 aromatic carbocycles. The van der Waals surface area contributed by atoms with Gasteiger partial charge in [0.2, 0.25) is 0 Å². The number of nitrogens with two attached hydrogens (primary N) is 1. The third-order valence-electron chi connectivity index (χ3n) is 1.51. The molecular weight excluding hydrogens is 166 g/mol. The molecular formula is C7H7BF3N. The van der Waals surface area contributed by atoms with Crippen LogP contribution >= 0.6 is 0 Å². The molecule has 0 aliphatic carbocycles. The highest BCUT2D eigenvalue weighted by molar-refractivity contribution is 6.32. The largest absolute Gasteiger partial charge is 0.418 e. The SMILES string of the molecule is Bc1ccc(N)c(C(F)(F)F)c1. The zero-order chi connectivity index (χ0) is 9.35. The van der Waals surface area contributed by atoms with E-state index in [9.17, 15) is 13.2 Å². The number of nitrogen functional groups attached to an aromatic ring is 1. The van der Waals surface area contributed by atoms with Crippen LogP contribution in [0.25, 0.3) is 0 Å². The maximum absolute atomic E-state index is 12.1. The summed E-state index contributed by atoms with van der Waals surface area (Å²) in [7, 11) is 1.59. The number of anilines is 1. The van der Waals surface area contributed by atoms with E-state index in [-0.39, 0.29) is 5.69 Å². The molecule has 0 aliphatic heterocycles. The fourth-order valence-electron chi connectivity index (χ4n) is 0.916. The van der Waals surface area contributed by atoms with Crippen molar-refractivity contribution in [3.63, 3.8) is 0 Å². The van der Waals surface area contributed by atoms with Gasteiger partial charge in [0, 0.05) is 5.69 Å². The Balaban J connectivity index is 3.23. The van der Waals surface area contributed by atoms with Crippen molar-refractivity contribution in [3.05, 3.63) is 23.8 Å². The Labute approximate surface area is 68.8 Å². The zero-order valence-corrected chi connectivity index (χ0v) is 6.44. The van der Waals surface area contributed by atoms with Gasteiger partial charge in [0.05, 0.1) is 5.56 Å². The molecule has 0 aliphatic rings. The van der Waals surface area contributed by atoms with E-state index in [1.807, 2.05) is 0 Å². The predicted molar refractivity (Wildman–Crippen MR) is 44.0 cm³/mol. The van der Waals surface area contributed by atoms with Crippen LogP contribution in [0, 0.1) is 0 Å². The fourth-order valence-corrected chi connectivity index (χ4v) is 0.916. The van der Waals surface area contributed by atoms with Crippen LogP contribution in [0.4, 0.5) is 18.9 Å². The van der Waals surface area contributed by atoms with Crippen molar-refractivity contribution >= 4 is 19.0 Å². The molecule has 0 spiro atoms. The lowest BCUT2D eigenvalue weighted by Gasteiger charge is -2.09. The van der Waals surface area contributed by atoms with E-state index < -0.39 is 11.7 Å². The first kappa shape index (κ1) is 8.97. The van der Waals surface area contributed by atoms with Gasteiger partial charge in [0.25, 0.3) is 0 Å². The molecule has 0 saturated carbocycles. The molecule has 5 heteroatoms. The molecule has 1 nitrogen and oxygen atoms in total. The van der Waals surface area contributed by atoms with Gasteiger partial charge in [0.15, 0.2) is 0 Å². The Hall–Kier alpha value is -1.13. The third-order valence-corrected chi connectivity index (χ3v) is 1.51. The van der Waals surface area contributed by atoms with Crippen molar-refractivity contribution in [3.8, 4) is 0 Å². The van der Waals surface area contributed by atoms with E-state index in [1.165, 1.54) is 6.07 Å². The van der Waals surface area contributed by atoms with Gasteiger partial charge in [-0.25, -0.2) is 0 Å². The molecule has 0 bridgehead atoms. The quantitative estimate of drug-likeness (QED) is 0.449. The average molecular weight is 173 g/mol. The van der Waals surface area contributed by atoms with Gasteiger partial charge in [-0.3, -0.25) is 0 Å². The molecule has 0 saturated heterocycles. The Morgan fingerprint density at radius 3 is 2.25 bits per heavy atom. The molecule has 0 aromatic heterocycles. The maximum Gasteiger partial charge on any atom is 0.418 e. The summed E-state index contributed by atoms with van der Waals surface area (Å²) in [5.74, 6) is 0. The highest BCUT2D eigenvalue weighted by atomic mass is 19.4. The first-order valence-corrected chi connectivity index (χ1v) is 3.34. The number of halogens is 3. The minimum Gasteiger partial charge on any atom is -0.398 e. The maximum atomic E-state index is 12.1. The van der Waals surface area contributed by atoms with Crippen molar-refractivity contribution in [1.82, 2.24) is 0 Å². The van der Waals surface area contributed by atoms with Gasteiger partial charge in [-0.1, -0.05) is 17.6 Å². The predicted octanol–water partition coefficient (Wildman–Crippen LogP) is 0.546. The first-order chi connectivity index (χ1) is 5.41. The van der Waals surface area contributed by atoms with Crippen LogP contribution in [-0.4, -0.2) is 7.85 Å². The average Bonchev–Trinajstić information content (AvgIpc) is 1.92. The van der Waals surface area contributed by atoms with Crippen molar-refractivity contribution < 1.29 is 13.2 Å². The summed E-state index contributed by atoms with van der Waals surface area (Å²) in [4.78, 5) is 0. The second kappa shape index (κ2) is 2.73. The molecule has 2 N–H and O–H groups in total. The van der Waals surface area contributed by atoms with Crippen molar-refractivity contribution in [2.45, 2.75) is 6.18 Å². The molecule has 12 heavy (non-hydrogen) atoms. The smallest absolute Gasteiger partial charge is 0.398 e. The number of hydrogen-bond donors (Lipinski definition) is 1. The van der Waals surface area contributed by atoms with Gasteiger partial charge >= 0.3 is 6.18 Å². The minimum atomic E-state index is -4.35. The van der Waals surface area contributed by atoms with Crippen molar-refractivity contribution in [2.24, 2.45) is 0 Å². The van der Waals surface area contributed by atoms with Crippen molar-refractivity contribution in [2.75, 3.05) is 5.73 Å². The van der Waals surface area contributed by atoms with Gasteiger partial charge in [-0.2, -0.15) is 13.2 Å². The normalized spacial score (nSPS) is 11.6. The second-order valence-electron chi connectivity index (χ2n) is 2.59. The molecule has 0 fully saturated rings. The number of benzene rings is 1. The van der Waals surface area contributed by atoms with Gasteiger partial charge in [-0.05, 0) is 6.07 Å². The topological polar surface area (TPSA) is 26.0 Å². The molecule has 64 valence electrons.